The van der Waals surface area contributed by atoms with Crippen LogP contribution in [-0.4, -0.2) is 37.2 Å². The predicted octanol–water partition coefficient (Wildman–Crippen LogP) is 23.4. The van der Waals surface area contributed by atoms with Gasteiger partial charge in [0.15, 0.2) is 6.10 Å². The number of ether oxygens (including phenoxy) is 3. The Labute approximate surface area is 495 Å². The van der Waals surface area contributed by atoms with Crippen LogP contribution in [0.25, 0.3) is 0 Å². The van der Waals surface area contributed by atoms with Gasteiger partial charge < -0.3 is 14.2 Å². The summed E-state index contributed by atoms with van der Waals surface area (Å²) < 4.78 is 16.9. The maximum absolute atomic E-state index is 12.9. The molecule has 0 aromatic carbocycles. The average Bonchev–Trinajstić information content (AvgIpc) is 3.46. The third kappa shape index (κ3) is 64.9. The Bertz CT molecular complexity index is 1610. The van der Waals surface area contributed by atoms with E-state index in [4.69, 9.17) is 14.2 Å². The van der Waals surface area contributed by atoms with Gasteiger partial charge in [0.05, 0.1) is 0 Å². The van der Waals surface area contributed by atoms with Gasteiger partial charge in [-0.25, -0.2) is 0 Å². The smallest absolute Gasteiger partial charge is 0.306 e. The van der Waals surface area contributed by atoms with Crippen LogP contribution < -0.4 is 0 Å². The standard InChI is InChI=1S/C74H126O6/c1-4-7-10-13-16-19-22-25-27-29-31-33-35-36-37-38-40-41-43-45-47-49-52-55-58-61-64-67-73(76)79-70-71(69-78-72(75)66-63-60-57-54-51-24-21-18-15-12-9-6-3)80-74(77)68-65-62-59-56-53-50-48-46-44-42-39-34-32-30-28-26-23-20-17-14-11-8-5-2/h7,10,16,19,25,27,30-33,36-37,40-41,45,47,52,55,71H,4-6,8-9,11-15,17-18,20-24,26,28-29,34-35,38-39,42-44,46,48-51,53-54,56-70H2,1-3H3/b10-7-,19-16-,27-25-,32-30-,33-31-,37-36-,41-40-,47-45-,55-52-. The molecule has 0 saturated carbocycles. The lowest BCUT2D eigenvalue weighted by atomic mass is 10.0. The summed E-state index contributed by atoms with van der Waals surface area (Å²) in [7, 11) is 0. The van der Waals surface area contributed by atoms with Gasteiger partial charge >= 0.3 is 17.9 Å². The van der Waals surface area contributed by atoms with Crippen molar-refractivity contribution in [3.8, 4) is 0 Å². The van der Waals surface area contributed by atoms with Crippen molar-refractivity contribution in [2.75, 3.05) is 13.2 Å². The van der Waals surface area contributed by atoms with E-state index in [9.17, 15) is 14.4 Å². The monoisotopic (exact) mass is 1110 g/mol. The van der Waals surface area contributed by atoms with Crippen LogP contribution in [-0.2, 0) is 28.6 Å². The minimum Gasteiger partial charge on any atom is -0.462 e. The zero-order chi connectivity index (χ0) is 57.8. The second-order valence-corrected chi connectivity index (χ2v) is 22.4. The van der Waals surface area contributed by atoms with Crippen LogP contribution in [0.2, 0.25) is 0 Å². The van der Waals surface area contributed by atoms with Crippen molar-refractivity contribution in [2.45, 2.75) is 329 Å². The van der Waals surface area contributed by atoms with Gasteiger partial charge in [-0.15, -0.1) is 0 Å². The van der Waals surface area contributed by atoms with Crippen LogP contribution in [0.4, 0.5) is 0 Å². The first-order chi connectivity index (χ1) is 39.5. The zero-order valence-corrected chi connectivity index (χ0v) is 52.6. The molecule has 0 N–H and O–H groups in total. The largest absolute Gasteiger partial charge is 0.462 e. The van der Waals surface area contributed by atoms with Gasteiger partial charge in [0, 0.05) is 19.3 Å². The molecular weight excluding hydrogens is 985 g/mol. The molecule has 0 saturated heterocycles. The number of esters is 3. The van der Waals surface area contributed by atoms with Gasteiger partial charge in [-0.2, -0.15) is 0 Å². The van der Waals surface area contributed by atoms with E-state index in [0.29, 0.717) is 19.3 Å². The molecule has 80 heavy (non-hydrogen) atoms. The van der Waals surface area contributed by atoms with Crippen molar-refractivity contribution in [2.24, 2.45) is 0 Å². The quantitative estimate of drug-likeness (QED) is 0.0261. The number of hydrogen-bond donors (Lipinski definition) is 0. The van der Waals surface area contributed by atoms with Crippen molar-refractivity contribution in [3.05, 3.63) is 109 Å². The third-order valence-electron chi connectivity index (χ3n) is 14.5. The molecule has 0 aliphatic carbocycles. The van der Waals surface area contributed by atoms with Crippen LogP contribution in [0.5, 0.6) is 0 Å². The summed E-state index contributed by atoms with van der Waals surface area (Å²) in [6, 6.07) is 0. The first kappa shape index (κ1) is 76.1. The fourth-order valence-corrected chi connectivity index (χ4v) is 9.45. The Hall–Kier alpha value is -3.93. The maximum atomic E-state index is 12.9. The van der Waals surface area contributed by atoms with E-state index in [2.05, 4.69) is 130 Å². The molecule has 0 radical (unpaired) electrons. The molecular formula is C74H126O6. The molecule has 0 amide bonds. The molecule has 458 valence electrons. The molecule has 6 nitrogen and oxygen atoms in total. The van der Waals surface area contributed by atoms with Gasteiger partial charge in [-0.1, -0.05) is 304 Å². The lowest BCUT2D eigenvalue weighted by molar-refractivity contribution is -0.167. The van der Waals surface area contributed by atoms with Crippen molar-refractivity contribution < 1.29 is 28.6 Å². The number of allylic oxidation sites excluding steroid dienone is 18. The highest BCUT2D eigenvalue weighted by Crippen LogP contribution is 2.16. The van der Waals surface area contributed by atoms with E-state index < -0.39 is 6.10 Å². The Morgan fingerprint density at radius 1 is 0.263 bits per heavy atom. The lowest BCUT2D eigenvalue weighted by Gasteiger charge is -2.18. The molecule has 1 atom stereocenters. The highest BCUT2D eigenvalue weighted by atomic mass is 16.6. The van der Waals surface area contributed by atoms with Crippen LogP contribution in [0.3, 0.4) is 0 Å². The number of carbonyl (C=O) groups excluding carboxylic acids is 3. The summed E-state index contributed by atoms with van der Waals surface area (Å²) >= 11 is 0. The van der Waals surface area contributed by atoms with Crippen molar-refractivity contribution in [3.63, 3.8) is 0 Å². The molecule has 0 bridgehead atoms. The minimum absolute atomic E-state index is 0.0901. The van der Waals surface area contributed by atoms with E-state index in [1.165, 1.54) is 173 Å². The fraction of sp³-hybridized carbons (Fsp3) is 0.716. The van der Waals surface area contributed by atoms with Gasteiger partial charge in [0.25, 0.3) is 0 Å². The molecule has 6 heteroatoms. The van der Waals surface area contributed by atoms with Crippen molar-refractivity contribution in [1.82, 2.24) is 0 Å². The Balaban J connectivity index is 4.38. The topological polar surface area (TPSA) is 78.9 Å². The molecule has 0 aromatic rings. The van der Waals surface area contributed by atoms with E-state index in [1.807, 2.05) is 0 Å². The summed E-state index contributed by atoms with van der Waals surface area (Å²) in [5.41, 5.74) is 0. The molecule has 0 fully saturated rings. The number of hydrogen-bond acceptors (Lipinski definition) is 6. The molecule has 0 rings (SSSR count). The van der Waals surface area contributed by atoms with Gasteiger partial charge in [-0.05, 0) is 109 Å². The number of unbranched alkanes of at least 4 members (excludes halogenated alkanes) is 32. The second kappa shape index (κ2) is 67.6. The highest BCUT2D eigenvalue weighted by Gasteiger charge is 2.19. The summed E-state index contributed by atoms with van der Waals surface area (Å²) in [4.78, 5) is 38.3. The first-order valence-corrected chi connectivity index (χ1v) is 33.9. The molecule has 0 aromatic heterocycles. The van der Waals surface area contributed by atoms with Gasteiger partial charge in [0.2, 0.25) is 0 Å². The Morgan fingerprint density at radius 3 is 0.800 bits per heavy atom. The zero-order valence-electron chi connectivity index (χ0n) is 52.6. The van der Waals surface area contributed by atoms with Crippen molar-refractivity contribution in [1.29, 1.82) is 0 Å². The summed E-state index contributed by atoms with van der Waals surface area (Å²) in [6.07, 6.45) is 92.5. The number of carbonyl (C=O) groups is 3. The molecule has 0 aliphatic heterocycles. The molecule has 1 unspecified atom stereocenters. The maximum Gasteiger partial charge on any atom is 0.306 e. The van der Waals surface area contributed by atoms with Crippen LogP contribution in [0, 0.1) is 0 Å². The lowest BCUT2D eigenvalue weighted by Crippen LogP contribution is -2.30. The summed E-state index contributed by atoms with van der Waals surface area (Å²) in [5.74, 6) is -0.926. The van der Waals surface area contributed by atoms with Crippen molar-refractivity contribution >= 4 is 17.9 Å². The van der Waals surface area contributed by atoms with Gasteiger partial charge in [-0.3, -0.25) is 14.4 Å². The predicted molar refractivity (Wildman–Crippen MR) is 348 cm³/mol. The molecule has 0 aliphatic rings. The van der Waals surface area contributed by atoms with E-state index >= 15 is 0 Å². The summed E-state index contributed by atoms with van der Waals surface area (Å²) in [5, 5.41) is 0. The number of rotatable bonds is 61. The second-order valence-electron chi connectivity index (χ2n) is 22.4. The SMILES string of the molecule is CC/C=C\C/C=C\C/C=C\C/C=C\C/C=C\C/C=C\C/C=C\C/C=C\CCCCC(=O)OCC(COC(=O)CCCCCCCCCCCCCC)OC(=O)CCCCCCCCCCCCC/C=C\CCCCCCCCCC. The third-order valence-corrected chi connectivity index (χ3v) is 14.5. The van der Waals surface area contributed by atoms with Crippen LogP contribution in [0.1, 0.15) is 323 Å². The highest BCUT2D eigenvalue weighted by molar-refractivity contribution is 5.71. The van der Waals surface area contributed by atoms with E-state index in [1.54, 1.807) is 0 Å². The van der Waals surface area contributed by atoms with E-state index in [-0.39, 0.29) is 31.1 Å². The van der Waals surface area contributed by atoms with E-state index in [0.717, 1.165) is 109 Å². The van der Waals surface area contributed by atoms with Crippen LogP contribution in [0.15, 0.2) is 109 Å². The normalized spacial score (nSPS) is 12.8. The van der Waals surface area contributed by atoms with Gasteiger partial charge in [0.1, 0.15) is 13.2 Å². The first-order valence-electron chi connectivity index (χ1n) is 33.9. The molecule has 0 heterocycles. The summed E-state index contributed by atoms with van der Waals surface area (Å²) in [6.45, 7) is 6.52. The van der Waals surface area contributed by atoms with Crippen LogP contribution >= 0.6 is 0 Å². The molecule has 0 spiro atoms. The minimum atomic E-state index is -0.797. The Kier molecular flexibility index (Phi) is 64.3. The average molecular weight is 1110 g/mol. The fourth-order valence-electron chi connectivity index (χ4n) is 9.45. The Morgan fingerprint density at radius 2 is 0.487 bits per heavy atom.